The van der Waals surface area contributed by atoms with Crippen molar-refractivity contribution in [2.45, 2.75) is 0 Å². The number of carboxylic acids is 1. The average Bonchev–Trinajstić information content (AvgIpc) is 2.52. The third-order valence-electron chi connectivity index (χ3n) is 2.90. The fraction of sp³-hybridized carbons (Fsp3) is 0.0667. The van der Waals surface area contributed by atoms with Gasteiger partial charge in [0.15, 0.2) is 0 Å². The topological polar surface area (TPSA) is 102 Å². The van der Waals surface area contributed by atoms with Crippen LogP contribution in [0.3, 0.4) is 0 Å². The Morgan fingerprint density at radius 3 is 2.68 bits per heavy atom. The molecule has 0 aliphatic rings. The number of hydrogen-bond donors (Lipinski definition) is 1. The predicted octanol–water partition coefficient (Wildman–Crippen LogP) is 3.05. The molecule has 7 nitrogen and oxygen atoms in total. The Balaban J connectivity index is 2.44. The third kappa shape index (κ3) is 3.26. The van der Waals surface area contributed by atoms with Crippen molar-refractivity contribution in [3.8, 4) is 5.75 Å². The zero-order valence-electron chi connectivity index (χ0n) is 11.6. The first-order chi connectivity index (χ1) is 10.5. The Labute approximate surface area is 125 Å². The standard InChI is InChI=1S/C15H12N2O5/c1-22-14-7-6-11(17(20)21)8-10(14)9-16-13-5-3-2-4-12(13)15(18)19/h2-9H,1H3,(H,18,19). The largest absolute Gasteiger partial charge is 0.496 e. The van der Waals surface area contributed by atoms with Gasteiger partial charge in [-0.1, -0.05) is 12.1 Å². The van der Waals surface area contributed by atoms with Crippen molar-refractivity contribution in [1.82, 2.24) is 0 Å². The molecule has 0 fully saturated rings. The second-order valence-corrected chi connectivity index (χ2v) is 4.26. The van der Waals surface area contributed by atoms with Crippen LogP contribution in [-0.2, 0) is 0 Å². The van der Waals surface area contributed by atoms with Crippen molar-refractivity contribution in [1.29, 1.82) is 0 Å². The van der Waals surface area contributed by atoms with Crippen molar-refractivity contribution in [2.24, 2.45) is 4.99 Å². The van der Waals surface area contributed by atoms with Crippen molar-refractivity contribution in [3.05, 3.63) is 63.7 Å². The number of rotatable bonds is 5. The summed E-state index contributed by atoms with van der Waals surface area (Å²) in [7, 11) is 1.43. The molecule has 0 heterocycles. The molecule has 22 heavy (non-hydrogen) atoms. The lowest BCUT2D eigenvalue weighted by molar-refractivity contribution is -0.384. The highest BCUT2D eigenvalue weighted by Gasteiger charge is 2.11. The van der Waals surface area contributed by atoms with E-state index in [1.807, 2.05) is 0 Å². The first-order valence-electron chi connectivity index (χ1n) is 6.21. The van der Waals surface area contributed by atoms with Crippen LogP contribution in [0.5, 0.6) is 5.75 Å². The molecular formula is C15H12N2O5. The van der Waals surface area contributed by atoms with Crippen LogP contribution in [0.1, 0.15) is 15.9 Å². The maximum atomic E-state index is 11.1. The number of aromatic carboxylic acids is 1. The molecule has 112 valence electrons. The second-order valence-electron chi connectivity index (χ2n) is 4.26. The summed E-state index contributed by atoms with van der Waals surface area (Å²) in [5.41, 5.74) is 0.581. The van der Waals surface area contributed by atoms with Crippen molar-refractivity contribution in [2.75, 3.05) is 7.11 Å². The van der Waals surface area contributed by atoms with E-state index in [0.717, 1.165) is 0 Å². The highest BCUT2D eigenvalue weighted by Crippen LogP contribution is 2.24. The zero-order chi connectivity index (χ0) is 16.1. The van der Waals surface area contributed by atoms with Gasteiger partial charge in [0.25, 0.3) is 5.69 Å². The molecule has 0 saturated carbocycles. The van der Waals surface area contributed by atoms with E-state index in [4.69, 9.17) is 9.84 Å². The minimum absolute atomic E-state index is 0.0446. The minimum Gasteiger partial charge on any atom is -0.496 e. The Hall–Kier alpha value is -3.22. The monoisotopic (exact) mass is 300 g/mol. The maximum absolute atomic E-state index is 11.1. The first-order valence-corrected chi connectivity index (χ1v) is 6.21. The number of nitrogens with zero attached hydrogens (tertiary/aromatic N) is 2. The number of non-ortho nitro benzene ring substituents is 1. The number of carboxylic acid groups (broad SMARTS) is 1. The molecule has 0 atom stereocenters. The summed E-state index contributed by atoms with van der Waals surface area (Å²) in [6.07, 6.45) is 1.34. The molecular weight excluding hydrogens is 288 g/mol. The molecule has 0 aliphatic heterocycles. The highest BCUT2D eigenvalue weighted by molar-refractivity contribution is 5.95. The van der Waals surface area contributed by atoms with Gasteiger partial charge < -0.3 is 9.84 Å². The zero-order valence-corrected chi connectivity index (χ0v) is 11.6. The van der Waals surface area contributed by atoms with Gasteiger partial charge in [-0.2, -0.15) is 0 Å². The van der Waals surface area contributed by atoms with E-state index >= 15 is 0 Å². The van der Waals surface area contributed by atoms with Crippen LogP contribution in [0, 0.1) is 10.1 Å². The molecule has 0 aromatic heterocycles. The lowest BCUT2D eigenvalue weighted by Crippen LogP contribution is -1.97. The molecule has 2 aromatic rings. The van der Waals surface area contributed by atoms with Gasteiger partial charge in [-0.15, -0.1) is 0 Å². The fourth-order valence-corrected chi connectivity index (χ4v) is 1.84. The van der Waals surface area contributed by atoms with Crippen molar-refractivity contribution in [3.63, 3.8) is 0 Å². The lowest BCUT2D eigenvalue weighted by atomic mass is 10.1. The first kappa shape index (κ1) is 15.2. The Kier molecular flexibility index (Phi) is 4.47. The van der Waals surface area contributed by atoms with Gasteiger partial charge in [0.05, 0.1) is 23.3 Å². The maximum Gasteiger partial charge on any atom is 0.337 e. The lowest BCUT2D eigenvalue weighted by Gasteiger charge is -2.04. The van der Waals surface area contributed by atoms with Crippen LogP contribution in [0.4, 0.5) is 11.4 Å². The quantitative estimate of drug-likeness (QED) is 0.519. The van der Waals surface area contributed by atoms with Crippen LogP contribution in [-0.4, -0.2) is 29.3 Å². The Morgan fingerprint density at radius 1 is 1.32 bits per heavy atom. The number of hydrogen-bond acceptors (Lipinski definition) is 5. The number of nitro benzene ring substituents is 1. The van der Waals surface area contributed by atoms with Gasteiger partial charge in [0, 0.05) is 23.9 Å². The van der Waals surface area contributed by atoms with Gasteiger partial charge in [-0.3, -0.25) is 15.1 Å². The van der Waals surface area contributed by atoms with Crippen LogP contribution in [0.15, 0.2) is 47.5 Å². The number of aliphatic imine (C=N–C) groups is 1. The number of para-hydroxylation sites is 1. The van der Waals surface area contributed by atoms with E-state index in [1.165, 1.54) is 37.6 Å². The van der Waals surface area contributed by atoms with E-state index < -0.39 is 10.9 Å². The normalized spacial score (nSPS) is 10.6. The molecule has 1 N–H and O–H groups in total. The highest BCUT2D eigenvalue weighted by atomic mass is 16.6. The average molecular weight is 300 g/mol. The molecule has 0 aliphatic carbocycles. The summed E-state index contributed by atoms with van der Waals surface area (Å²) < 4.78 is 5.12. The molecule has 2 aromatic carbocycles. The summed E-state index contributed by atoms with van der Waals surface area (Å²) in [5.74, 6) is -0.694. The molecule has 0 bridgehead atoms. The second kappa shape index (κ2) is 6.49. The van der Waals surface area contributed by atoms with Gasteiger partial charge in [-0.05, 0) is 18.2 Å². The number of benzene rings is 2. The van der Waals surface area contributed by atoms with Crippen LogP contribution >= 0.6 is 0 Å². The number of carbonyl (C=O) groups is 1. The molecule has 2 rings (SSSR count). The molecule has 0 amide bonds. The summed E-state index contributed by atoms with van der Waals surface area (Å²) in [6.45, 7) is 0. The summed E-state index contributed by atoms with van der Waals surface area (Å²) in [5, 5.41) is 19.9. The van der Waals surface area contributed by atoms with Crippen molar-refractivity contribution < 1.29 is 19.6 Å². The van der Waals surface area contributed by atoms with Crippen molar-refractivity contribution >= 4 is 23.6 Å². The van der Waals surface area contributed by atoms with Gasteiger partial charge in [0.1, 0.15) is 5.75 Å². The predicted molar refractivity (Wildman–Crippen MR) is 80.3 cm³/mol. The summed E-state index contributed by atoms with van der Waals surface area (Å²) in [4.78, 5) is 25.5. The fourth-order valence-electron chi connectivity index (χ4n) is 1.84. The van der Waals surface area contributed by atoms with E-state index in [0.29, 0.717) is 11.3 Å². The van der Waals surface area contributed by atoms with Crippen LogP contribution in [0.2, 0.25) is 0 Å². The SMILES string of the molecule is COc1ccc([N+](=O)[O-])cc1C=Nc1ccccc1C(=O)O. The minimum atomic E-state index is -1.10. The van der Waals surface area contributed by atoms with Gasteiger partial charge in [-0.25, -0.2) is 4.79 Å². The van der Waals surface area contributed by atoms with E-state index in [9.17, 15) is 14.9 Å². The number of ether oxygens (including phenoxy) is 1. The Bertz CT molecular complexity index is 755. The summed E-state index contributed by atoms with van der Waals surface area (Å²) in [6, 6.07) is 10.3. The third-order valence-corrected chi connectivity index (χ3v) is 2.90. The van der Waals surface area contributed by atoms with Gasteiger partial charge >= 0.3 is 5.97 Å². The van der Waals surface area contributed by atoms with Gasteiger partial charge in [0.2, 0.25) is 0 Å². The molecule has 7 heteroatoms. The molecule has 0 saturated heterocycles. The summed E-state index contributed by atoms with van der Waals surface area (Å²) >= 11 is 0. The molecule has 0 radical (unpaired) electrons. The van der Waals surface area contributed by atoms with E-state index in [-0.39, 0.29) is 16.9 Å². The van der Waals surface area contributed by atoms with Crippen LogP contribution < -0.4 is 4.74 Å². The van der Waals surface area contributed by atoms with E-state index in [2.05, 4.69) is 4.99 Å². The molecule has 0 spiro atoms. The number of nitro groups is 1. The smallest absolute Gasteiger partial charge is 0.337 e. The Morgan fingerprint density at radius 2 is 2.05 bits per heavy atom. The van der Waals surface area contributed by atoms with Crippen LogP contribution in [0.25, 0.3) is 0 Å². The number of methoxy groups -OCH3 is 1. The van der Waals surface area contributed by atoms with E-state index in [1.54, 1.807) is 18.2 Å². The molecule has 0 unspecified atom stereocenters.